The third-order valence-corrected chi connectivity index (χ3v) is 3.25. The molecule has 1 aromatic carbocycles. The number of nitro benzene ring substituents is 1. The van der Waals surface area contributed by atoms with Crippen LogP contribution < -0.4 is 0 Å². The first-order valence-electron chi connectivity index (χ1n) is 5.07. The van der Waals surface area contributed by atoms with E-state index < -0.39 is 16.8 Å². The highest BCUT2D eigenvalue weighted by atomic mass is 32.1. The Morgan fingerprint density at radius 3 is 2.58 bits per heavy atom. The monoisotopic (exact) mass is 288 g/mol. The predicted octanol–water partition coefficient (Wildman–Crippen LogP) is 4.05. The van der Waals surface area contributed by atoms with E-state index in [2.05, 4.69) is 4.98 Å². The van der Waals surface area contributed by atoms with Gasteiger partial charge in [-0.3, -0.25) is 10.1 Å². The van der Waals surface area contributed by atoms with Gasteiger partial charge < -0.3 is 0 Å². The van der Waals surface area contributed by atoms with E-state index in [4.69, 9.17) is 0 Å². The summed E-state index contributed by atoms with van der Waals surface area (Å²) in [6.45, 7) is 1.70. The fourth-order valence-corrected chi connectivity index (χ4v) is 2.36. The van der Waals surface area contributed by atoms with E-state index in [1.165, 1.54) is 18.2 Å². The van der Waals surface area contributed by atoms with Crippen LogP contribution >= 0.6 is 11.3 Å². The van der Waals surface area contributed by atoms with Crippen molar-refractivity contribution in [2.24, 2.45) is 0 Å². The molecule has 0 saturated carbocycles. The molecule has 1 heterocycles. The summed E-state index contributed by atoms with van der Waals surface area (Å²) < 4.78 is 37.4. The van der Waals surface area contributed by atoms with E-state index in [9.17, 15) is 23.3 Å². The average Bonchev–Trinajstić information content (AvgIpc) is 2.77. The van der Waals surface area contributed by atoms with Crippen molar-refractivity contribution in [3.8, 4) is 10.6 Å². The molecule has 19 heavy (non-hydrogen) atoms. The van der Waals surface area contributed by atoms with Gasteiger partial charge in [0.05, 0.1) is 10.5 Å². The fourth-order valence-electron chi connectivity index (χ4n) is 1.51. The first-order chi connectivity index (χ1) is 8.79. The summed E-state index contributed by atoms with van der Waals surface area (Å²) in [7, 11) is 0. The van der Waals surface area contributed by atoms with E-state index in [0.29, 0.717) is 5.56 Å². The SMILES string of the molecule is Cc1ccc([N+](=O)[O-])c(-c2nc(C(F)(F)F)cs2)c1. The molecule has 0 N–H and O–H groups in total. The minimum Gasteiger partial charge on any atom is -0.258 e. The first kappa shape index (κ1) is 13.5. The maximum atomic E-state index is 12.5. The van der Waals surface area contributed by atoms with Gasteiger partial charge in [-0.1, -0.05) is 6.07 Å². The van der Waals surface area contributed by atoms with Crippen molar-refractivity contribution in [3.63, 3.8) is 0 Å². The highest BCUT2D eigenvalue weighted by Crippen LogP contribution is 2.37. The minimum atomic E-state index is -4.55. The van der Waals surface area contributed by atoms with Crippen LogP contribution in [0.3, 0.4) is 0 Å². The molecule has 0 unspecified atom stereocenters. The second-order valence-electron chi connectivity index (χ2n) is 3.81. The molecular weight excluding hydrogens is 281 g/mol. The third kappa shape index (κ3) is 2.73. The number of rotatable bonds is 2. The molecule has 0 atom stereocenters. The van der Waals surface area contributed by atoms with Gasteiger partial charge >= 0.3 is 6.18 Å². The van der Waals surface area contributed by atoms with E-state index in [-0.39, 0.29) is 16.3 Å². The number of benzene rings is 1. The Balaban J connectivity index is 2.55. The standard InChI is InChI=1S/C11H7F3N2O2S/c1-6-2-3-8(16(17)18)7(4-6)10-15-9(5-19-10)11(12,13)14/h2-5H,1H3. The van der Waals surface area contributed by atoms with Crippen LogP contribution in [-0.2, 0) is 6.18 Å². The van der Waals surface area contributed by atoms with Gasteiger partial charge in [0.25, 0.3) is 5.69 Å². The van der Waals surface area contributed by atoms with Crippen LogP contribution in [0.5, 0.6) is 0 Å². The number of nitro groups is 1. The number of thiazole rings is 1. The smallest absolute Gasteiger partial charge is 0.258 e. The van der Waals surface area contributed by atoms with Crippen molar-refractivity contribution in [1.29, 1.82) is 0 Å². The Bertz CT molecular complexity index is 637. The van der Waals surface area contributed by atoms with Crippen LogP contribution in [-0.4, -0.2) is 9.91 Å². The molecule has 0 aliphatic heterocycles. The van der Waals surface area contributed by atoms with Gasteiger partial charge in [-0.2, -0.15) is 13.2 Å². The quantitative estimate of drug-likeness (QED) is 0.619. The van der Waals surface area contributed by atoms with Gasteiger partial charge in [0, 0.05) is 11.4 Å². The molecule has 2 aromatic rings. The minimum absolute atomic E-state index is 0.0114. The van der Waals surface area contributed by atoms with Crippen LogP contribution in [0.25, 0.3) is 10.6 Å². The number of aryl methyl sites for hydroxylation is 1. The van der Waals surface area contributed by atoms with Gasteiger partial charge in [-0.15, -0.1) is 11.3 Å². The third-order valence-electron chi connectivity index (χ3n) is 2.37. The van der Waals surface area contributed by atoms with Crippen molar-refractivity contribution in [2.75, 3.05) is 0 Å². The number of nitrogens with zero attached hydrogens (tertiary/aromatic N) is 2. The van der Waals surface area contributed by atoms with Gasteiger partial charge in [-0.05, 0) is 18.6 Å². The normalized spacial score (nSPS) is 11.6. The van der Waals surface area contributed by atoms with E-state index in [1.807, 2.05) is 0 Å². The summed E-state index contributed by atoms with van der Waals surface area (Å²) in [5.41, 5.74) is -0.480. The van der Waals surface area contributed by atoms with Crippen LogP contribution in [0.1, 0.15) is 11.3 Å². The second kappa shape index (κ2) is 4.61. The van der Waals surface area contributed by atoms with E-state index in [1.54, 1.807) is 6.92 Å². The summed E-state index contributed by atoms with van der Waals surface area (Å²) in [6.07, 6.45) is -4.55. The molecule has 2 rings (SSSR count). The van der Waals surface area contributed by atoms with Crippen molar-refractivity contribution < 1.29 is 18.1 Å². The number of aromatic nitrogens is 1. The summed E-state index contributed by atoms with van der Waals surface area (Å²) in [4.78, 5) is 13.7. The topological polar surface area (TPSA) is 56.0 Å². The Hall–Kier alpha value is -1.96. The van der Waals surface area contributed by atoms with Gasteiger partial charge in [0.15, 0.2) is 5.69 Å². The number of halogens is 3. The zero-order valence-corrected chi connectivity index (χ0v) is 10.4. The molecule has 0 fully saturated rings. The van der Waals surface area contributed by atoms with Crippen LogP contribution in [0, 0.1) is 17.0 Å². The highest BCUT2D eigenvalue weighted by molar-refractivity contribution is 7.13. The Kier molecular flexibility index (Phi) is 3.27. The molecule has 1 aromatic heterocycles. The van der Waals surface area contributed by atoms with Crippen molar-refractivity contribution in [2.45, 2.75) is 13.1 Å². The summed E-state index contributed by atoms with van der Waals surface area (Å²) in [5.74, 6) is 0. The van der Waals surface area contributed by atoms with E-state index >= 15 is 0 Å². The predicted molar refractivity (Wildman–Crippen MR) is 63.9 cm³/mol. The first-order valence-corrected chi connectivity index (χ1v) is 5.95. The van der Waals surface area contributed by atoms with E-state index in [0.717, 1.165) is 16.7 Å². The summed E-state index contributed by atoms with van der Waals surface area (Å²) in [5, 5.41) is 11.7. The lowest BCUT2D eigenvalue weighted by Gasteiger charge is -2.02. The lowest BCUT2D eigenvalue weighted by molar-refractivity contribution is -0.384. The fraction of sp³-hybridized carbons (Fsp3) is 0.182. The molecule has 0 radical (unpaired) electrons. The maximum absolute atomic E-state index is 12.5. The Morgan fingerprint density at radius 1 is 1.37 bits per heavy atom. The lowest BCUT2D eigenvalue weighted by atomic mass is 10.1. The number of hydrogen-bond acceptors (Lipinski definition) is 4. The molecule has 0 bridgehead atoms. The zero-order chi connectivity index (χ0) is 14.2. The molecule has 0 aliphatic carbocycles. The maximum Gasteiger partial charge on any atom is 0.434 e. The lowest BCUT2D eigenvalue weighted by Crippen LogP contribution is -2.05. The molecule has 0 saturated heterocycles. The second-order valence-corrected chi connectivity index (χ2v) is 4.67. The van der Waals surface area contributed by atoms with Crippen LogP contribution in [0.15, 0.2) is 23.6 Å². The van der Waals surface area contributed by atoms with Crippen molar-refractivity contribution >= 4 is 17.0 Å². The number of alkyl halides is 3. The Morgan fingerprint density at radius 2 is 2.05 bits per heavy atom. The molecular formula is C11H7F3N2O2S. The zero-order valence-electron chi connectivity index (χ0n) is 9.56. The highest BCUT2D eigenvalue weighted by Gasteiger charge is 2.34. The molecule has 4 nitrogen and oxygen atoms in total. The largest absolute Gasteiger partial charge is 0.434 e. The van der Waals surface area contributed by atoms with Gasteiger partial charge in [0.1, 0.15) is 5.01 Å². The number of hydrogen-bond donors (Lipinski definition) is 0. The van der Waals surface area contributed by atoms with Crippen molar-refractivity contribution in [3.05, 3.63) is 45.0 Å². The molecule has 0 spiro atoms. The van der Waals surface area contributed by atoms with Gasteiger partial charge in [0.2, 0.25) is 0 Å². The Labute approximate surface area is 109 Å². The summed E-state index contributed by atoms with van der Waals surface area (Å²) >= 11 is 0.734. The van der Waals surface area contributed by atoms with Crippen LogP contribution in [0.2, 0.25) is 0 Å². The van der Waals surface area contributed by atoms with Gasteiger partial charge in [-0.25, -0.2) is 4.98 Å². The van der Waals surface area contributed by atoms with Crippen molar-refractivity contribution in [1.82, 2.24) is 4.98 Å². The van der Waals surface area contributed by atoms with Crippen LogP contribution in [0.4, 0.5) is 18.9 Å². The molecule has 8 heteroatoms. The molecule has 0 aliphatic rings. The average molecular weight is 288 g/mol. The summed E-state index contributed by atoms with van der Waals surface area (Å²) in [6, 6.07) is 4.25. The molecule has 100 valence electrons. The molecule has 0 amide bonds.